The van der Waals surface area contributed by atoms with Crippen LogP contribution in [0.2, 0.25) is 0 Å². The predicted octanol–water partition coefficient (Wildman–Crippen LogP) is 1.20. The van der Waals surface area contributed by atoms with Crippen LogP contribution in [0.25, 0.3) is 0 Å². The van der Waals surface area contributed by atoms with Crippen molar-refractivity contribution in [1.29, 1.82) is 0 Å². The number of hydrogen-bond acceptors (Lipinski definition) is 3. The Labute approximate surface area is 99.5 Å². The van der Waals surface area contributed by atoms with Gasteiger partial charge in [0.15, 0.2) is 0 Å². The van der Waals surface area contributed by atoms with Crippen LogP contribution in [0.4, 0.5) is 0 Å². The van der Waals surface area contributed by atoms with Gasteiger partial charge in [-0.25, -0.2) is 0 Å². The van der Waals surface area contributed by atoms with E-state index in [1.54, 1.807) is 0 Å². The Kier molecular flexibility index (Phi) is 4.62. The first-order chi connectivity index (χ1) is 7.75. The fraction of sp³-hybridized carbons (Fsp3) is 1.00. The first-order valence-corrected chi connectivity index (χ1v) is 6.72. The molecule has 3 atom stereocenters. The fourth-order valence-electron chi connectivity index (χ4n) is 2.98. The number of nitrogens with zero attached hydrogens (tertiary/aromatic N) is 1. The Morgan fingerprint density at radius 1 is 1.31 bits per heavy atom. The number of hydrogen-bond donors (Lipinski definition) is 1. The van der Waals surface area contributed by atoms with Crippen LogP contribution in [0.1, 0.15) is 19.8 Å². The maximum atomic E-state index is 5.54. The van der Waals surface area contributed by atoms with Crippen molar-refractivity contribution in [1.82, 2.24) is 10.2 Å². The summed E-state index contributed by atoms with van der Waals surface area (Å²) in [6.07, 6.45) is 2.60. The second kappa shape index (κ2) is 5.99. The summed E-state index contributed by atoms with van der Waals surface area (Å²) in [5, 5.41) is 3.48. The molecule has 3 heteroatoms. The number of nitrogens with one attached hydrogen (secondary N) is 1. The van der Waals surface area contributed by atoms with Crippen LogP contribution in [0.3, 0.4) is 0 Å². The molecule has 2 aliphatic rings. The molecular weight excluding hydrogens is 200 g/mol. The van der Waals surface area contributed by atoms with E-state index in [2.05, 4.69) is 24.2 Å². The molecule has 0 aliphatic carbocycles. The van der Waals surface area contributed by atoms with E-state index in [4.69, 9.17) is 4.74 Å². The van der Waals surface area contributed by atoms with Gasteiger partial charge in [-0.15, -0.1) is 0 Å². The summed E-state index contributed by atoms with van der Waals surface area (Å²) in [5.74, 6) is 2.45. The van der Waals surface area contributed by atoms with E-state index < -0.39 is 0 Å². The highest BCUT2D eigenvalue weighted by Crippen LogP contribution is 2.19. The predicted molar refractivity (Wildman–Crippen MR) is 66.6 cm³/mol. The van der Waals surface area contributed by atoms with Crippen molar-refractivity contribution >= 4 is 0 Å². The minimum atomic E-state index is 0.767. The Bertz CT molecular complexity index is 204. The zero-order valence-electron chi connectivity index (χ0n) is 10.7. The highest BCUT2D eigenvalue weighted by Gasteiger charge is 2.25. The van der Waals surface area contributed by atoms with E-state index in [-0.39, 0.29) is 0 Å². The molecule has 0 spiro atoms. The molecule has 2 fully saturated rings. The van der Waals surface area contributed by atoms with Gasteiger partial charge in [-0.2, -0.15) is 0 Å². The van der Waals surface area contributed by atoms with E-state index >= 15 is 0 Å². The summed E-state index contributed by atoms with van der Waals surface area (Å²) in [5.41, 5.74) is 0. The van der Waals surface area contributed by atoms with E-state index in [0.717, 1.165) is 31.0 Å². The SMILES string of the molecule is CC1CNCC1CN(C)CC1CCCOC1. The largest absolute Gasteiger partial charge is 0.381 e. The van der Waals surface area contributed by atoms with Crippen molar-refractivity contribution in [3.63, 3.8) is 0 Å². The van der Waals surface area contributed by atoms with Gasteiger partial charge in [0, 0.05) is 19.7 Å². The van der Waals surface area contributed by atoms with Gasteiger partial charge in [0.1, 0.15) is 0 Å². The highest BCUT2D eigenvalue weighted by molar-refractivity contribution is 4.80. The molecule has 2 saturated heterocycles. The molecule has 2 rings (SSSR count). The maximum Gasteiger partial charge on any atom is 0.0506 e. The Hall–Kier alpha value is -0.120. The minimum absolute atomic E-state index is 0.767. The normalized spacial score (nSPS) is 35.8. The van der Waals surface area contributed by atoms with Crippen molar-refractivity contribution in [2.45, 2.75) is 19.8 Å². The average molecular weight is 226 g/mol. The van der Waals surface area contributed by atoms with Crippen LogP contribution >= 0.6 is 0 Å². The summed E-state index contributed by atoms with van der Waals surface area (Å²) >= 11 is 0. The third-order valence-corrected chi connectivity index (χ3v) is 4.05. The van der Waals surface area contributed by atoms with E-state index in [9.17, 15) is 0 Å². The van der Waals surface area contributed by atoms with Crippen molar-refractivity contribution in [2.24, 2.45) is 17.8 Å². The molecule has 2 heterocycles. The Morgan fingerprint density at radius 3 is 2.81 bits per heavy atom. The van der Waals surface area contributed by atoms with Crippen molar-refractivity contribution in [3.05, 3.63) is 0 Å². The number of rotatable bonds is 4. The zero-order valence-corrected chi connectivity index (χ0v) is 10.7. The fourth-order valence-corrected chi connectivity index (χ4v) is 2.98. The molecule has 16 heavy (non-hydrogen) atoms. The minimum Gasteiger partial charge on any atom is -0.381 e. The van der Waals surface area contributed by atoms with Gasteiger partial charge in [0.2, 0.25) is 0 Å². The molecule has 94 valence electrons. The lowest BCUT2D eigenvalue weighted by Gasteiger charge is -2.29. The van der Waals surface area contributed by atoms with Gasteiger partial charge in [0.05, 0.1) is 6.61 Å². The topological polar surface area (TPSA) is 24.5 Å². The molecule has 0 amide bonds. The standard InChI is InChI=1S/C13H26N2O/c1-11-6-14-7-13(11)9-15(2)8-12-4-3-5-16-10-12/h11-14H,3-10H2,1-2H3. The van der Waals surface area contributed by atoms with Crippen LogP contribution in [-0.4, -0.2) is 51.3 Å². The van der Waals surface area contributed by atoms with E-state index in [0.29, 0.717) is 0 Å². The Balaban J connectivity index is 1.68. The lowest BCUT2D eigenvalue weighted by Crippen LogP contribution is -2.35. The third-order valence-electron chi connectivity index (χ3n) is 4.05. The molecule has 0 aromatic heterocycles. The second-order valence-corrected chi connectivity index (χ2v) is 5.70. The molecule has 0 aromatic carbocycles. The molecule has 3 unspecified atom stereocenters. The highest BCUT2D eigenvalue weighted by atomic mass is 16.5. The van der Waals surface area contributed by atoms with Gasteiger partial charge in [-0.05, 0) is 50.7 Å². The van der Waals surface area contributed by atoms with Crippen molar-refractivity contribution in [3.8, 4) is 0 Å². The van der Waals surface area contributed by atoms with Crippen LogP contribution in [0.5, 0.6) is 0 Å². The smallest absolute Gasteiger partial charge is 0.0506 e. The quantitative estimate of drug-likeness (QED) is 0.779. The summed E-state index contributed by atoms with van der Waals surface area (Å²) in [4.78, 5) is 2.51. The molecule has 1 N–H and O–H groups in total. The van der Waals surface area contributed by atoms with E-state index in [1.165, 1.54) is 39.0 Å². The molecule has 3 nitrogen and oxygen atoms in total. The zero-order chi connectivity index (χ0) is 11.4. The lowest BCUT2D eigenvalue weighted by atomic mass is 9.96. The molecule has 2 aliphatic heterocycles. The third kappa shape index (κ3) is 3.44. The monoisotopic (exact) mass is 226 g/mol. The summed E-state index contributed by atoms with van der Waals surface area (Å²) in [6.45, 7) is 9.17. The van der Waals surface area contributed by atoms with Crippen LogP contribution in [0.15, 0.2) is 0 Å². The number of ether oxygens (including phenoxy) is 1. The van der Waals surface area contributed by atoms with Gasteiger partial charge in [0.25, 0.3) is 0 Å². The van der Waals surface area contributed by atoms with E-state index in [1.807, 2.05) is 0 Å². The maximum absolute atomic E-state index is 5.54. The van der Waals surface area contributed by atoms with Crippen LogP contribution in [-0.2, 0) is 4.74 Å². The molecule has 0 bridgehead atoms. The molecule has 0 aromatic rings. The summed E-state index contributed by atoms with van der Waals surface area (Å²) < 4.78 is 5.54. The van der Waals surface area contributed by atoms with Gasteiger partial charge in [-0.3, -0.25) is 0 Å². The lowest BCUT2D eigenvalue weighted by molar-refractivity contribution is 0.0398. The first-order valence-electron chi connectivity index (χ1n) is 6.72. The summed E-state index contributed by atoms with van der Waals surface area (Å²) in [6, 6.07) is 0. The Morgan fingerprint density at radius 2 is 2.19 bits per heavy atom. The van der Waals surface area contributed by atoms with Gasteiger partial charge >= 0.3 is 0 Å². The van der Waals surface area contributed by atoms with Crippen molar-refractivity contribution in [2.75, 3.05) is 46.4 Å². The average Bonchev–Trinajstić information content (AvgIpc) is 2.66. The first kappa shape index (κ1) is 12.3. The van der Waals surface area contributed by atoms with Crippen molar-refractivity contribution < 1.29 is 4.74 Å². The molecule has 0 radical (unpaired) electrons. The second-order valence-electron chi connectivity index (χ2n) is 5.70. The van der Waals surface area contributed by atoms with Gasteiger partial charge < -0.3 is 15.0 Å². The molecular formula is C13H26N2O. The molecule has 0 saturated carbocycles. The van der Waals surface area contributed by atoms with Gasteiger partial charge in [-0.1, -0.05) is 6.92 Å². The van der Waals surface area contributed by atoms with Crippen LogP contribution in [0, 0.1) is 17.8 Å². The van der Waals surface area contributed by atoms with Crippen LogP contribution < -0.4 is 5.32 Å². The summed E-state index contributed by atoms with van der Waals surface area (Å²) in [7, 11) is 2.26.